The molecule has 1 saturated heterocycles. The van der Waals surface area contributed by atoms with Crippen LogP contribution in [0.2, 0.25) is 0 Å². The molecule has 0 radical (unpaired) electrons. The van der Waals surface area contributed by atoms with E-state index in [9.17, 15) is 4.79 Å². The summed E-state index contributed by atoms with van der Waals surface area (Å²) in [6.07, 6.45) is 0.894. The Bertz CT molecular complexity index is 1000. The molecule has 4 rings (SSSR count). The number of hydrogen-bond acceptors (Lipinski definition) is 5. The van der Waals surface area contributed by atoms with Gasteiger partial charge in [-0.25, -0.2) is 4.98 Å². The van der Waals surface area contributed by atoms with Crippen LogP contribution in [0.15, 0.2) is 46.9 Å². The summed E-state index contributed by atoms with van der Waals surface area (Å²) in [5.41, 5.74) is 2.80. The van der Waals surface area contributed by atoms with Crippen LogP contribution in [0.3, 0.4) is 0 Å². The summed E-state index contributed by atoms with van der Waals surface area (Å²) in [5.74, 6) is -0.0183. The zero-order chi connectivity index (χ0) is 20.2. The highest BCUT2D eigenvalue weighted by Gasteiger charge is 2.23. The van der Waals surface area contributed by atoms with E-state index < -0.39 is 0 Å². The van der Waals surface area contributed by atoms with E-state index in [2.05, 4.69) is 39.9 Å². The lowest BCUT2D eigenvalue weighted by Gasteiger charge is -2.27. The minimum atomic E-state index is -0.0183. The fourth-order valence-electron chi connectivity index (χ4n) is 3.48. The zero-order valence-corrected chi connectivity index (χ0v) is 18.8. The second kappa shape index (κ2) is 9.34. The summed E-state index contributed by atoms with van der Waals surface area (Å²) in [6.45, 7) is 7.15. The van der Waals surface area contributed by atoms with Gasteiger partial charge in [-0.05, 0) is 59.1 Å². The predicted octanol–water partition coefficient (Wildman–Crippen LogP) is 4.74. The number of aromatic nitrogens is 1. The molecule has 1 aromatic heterocycles. The molecular weight excluding hydrogens is 450 g/mol. The van der Waals surface area contributed by atoms with E-state index in [4.69, 9.17) is 9.72 Å². The first-order chi connectivity index (χ1) is 14.1. The van der Waals surface area contributed by atoms with E-state index in [1.54, 1.807) is 11.3 Å². The number of hydrogen-bond donors (Lipinski definition) is 0. The molecule has 1 amide bonds. The van der Waals surface area contributed by atoms with Gasteiger partial charge in [0.25, 0.3) is 5.91 Å². The Labute approximate surface area is 183 Å². The summed E-state index contributed by atoms with van der Waals surface area (Å²) in [4.78, 5) is 22.4. The van der Waals surface area contributed by atoms with Gasteiger partial charge in [-0.2, -0.15) is 0 Å². The SMILES string of the molecule is Cc1ccc2nc(N(CCCN3CCOCC3)C(=O)c3ccccc3Br)sc2c1. The molecule has 1 aliphatic heterocycles. The molecule has 0 atom stereocenters. The number of aryl methyl sites for hydroxylation is 1. The highest BCUT2D eigenvalue weighted by atomic mass is 79.9. The van der Waals surface area contributed by atoms with Crippen molar-refractivity contribution < 1.29 is 9.53 Å². The number of anilines is 1. The molecule has 152 valence electrons. The van der Waals surface area contributed by atoms with Crippen molar-refractivity contribution in [2.75, 3.05) is 44.3 Å². The summed E-state index contributed by atoms with van der Waals surface area (Å²) >= 11 is 5.11. The number of ether oxygens (including phenoxy) is 1. The number of nitrogens with zero attached hydrogens (tertiary/aromatic N) is 3. The van der Waals surface area contributed by atoms with Crippen molar-refractivity contribution in [3.8, 4) is 0 Å². The molecule has 0 saturated carbocycles. The highest BCUT2D eigenvalue weighted by Crippen LogP contribution is 2.31. The smallest absolute Gasteiger partial charge is 0.261 e. The van der Waals surface area contributed by atoms with E-state index in [1.165, 1.54) is 5.56 Å². The van der Waals surface area contributed by atoms with Crippen molar-refractivity contribution in [3.05, 3.63) is 58.1 Å². The van der Waals surface area contributed by atoms with Crippen molar-refractivity contribution in [2.45, 2.75) is 13.3 Å². The Balaban J connectivity index is 1.58. The third kappa shape index (κ3) is 4.86. The molecule has 7 heteroatoms. The van der Waals surface area contributed by atoms with E-state index >= 15 is 0 Å². The fourth-order valence-corrected chi connectivity index (χ4v) is 5.02. The van der Waals surface area contributed by atoms with Crippen LogP contribution in [-0.4, -0.2) is 55.2 Å². The van der Waals surface area contributed by atoms with Gasteiger partial charge in [-0.15, -0.1) is 0 Å². The Morgan fingerprint density at radius 3 is 2.83 bits per heavy atom. The minimum Gasteiger partial charge on any atom is -0.379 e. The average Bonchev–Trinajstić information content (AvgIpc) is 3.14. The van der Waals surface area contributed by atoms with E-state index in [-0.39, 0.29) is 5.91 Å². The molecular formula is C22H24BrN3O2S. The lowest BCUT2D eigenvalue weighted by atomic mass is 10.2. The molecule has 29 heavy (non-hydrogen) atoms. The number of rotatable bonds is 6. The summed E-state index contributed by atoms with van der Waals surface area (Å²) in [6, 6.07) is 13.8. The maximum absolute atomic E-state index is 13.4. The van der Waals surface area contributed by atoms with Crippen LogP contribution < -0.4 is 4.90 Å². The van der Waals surface area contributed by atoms with Gasteiger partial charge >= 0.3 is 0 Å². The van der Waals surface area contributed by atoms with Gasteiger partial charge in [0.2, 0.25) is 0 Å². The van der Waals surface area contributed by atoms with Gasteiger partial charge in [-0.3, -0.25) is 14.6 Å². The topological polar surface area (TPSA) is 45.7 Å². The Morgan fingerprint density at radius 1 is 1.24 bits per heavy atom. The quantitative estimate of drug-likeness (QED) is 0.518. The second-order valence-corrected chi connectivity index (χ2v) is 9.08. The molecule has 2 aromatic carbocycles. The predicted molar refractivity (Wildman–Crippen MR) is 122 cm³/mol. The summed E-state index contributed by atoms with van der Waals surface area (Å²) in [5, 5.41) is 0.758. The van der Waals surface area contributed by atoms with Gasteiger partial charge in [0.1, 0.15) is 0 Å². The van der Waals surface area contributed by atoms with Gasteiger partial charge in [0.05, 0.1) is 29.0 Å². The van der Waals surface area contributed by atoms with Gasteiger partial charge in [-0.1, -0.05) is 29.5 Å². The monoisotopic (exact) mass is 473 g/mol. The van der Waals surface area contributed by atoms with Crippen molar-refractivity contribution >= 4 is 48.5 Å². The first-order valence-electron chi connectivity index (χ1n) is 9.85. The van der Waals surface area contributed by atoms with Crippen molar-refractivity contribution in [1.82, 2.24) is 9.88 Å². The maximum atomic E-state index is 13.4. The first-order valence-corrected chi connectivity index (χ1v) is 11.5. The maximum Gasteiger partial charge on any atom is 0.261 e. The summed E-state index contributed by atoms with van der Waals surface area (Å²) < 4.78 is 7.34. The molecule has 1 aliphatic rings. The summed E-state index contributed by atoms with van der Waals surface area (Å²) in [7, 11) is 0. The highest BCUT2D eigenvalue weighted by molar-refractivity contribution is 9.10. The normalized spacial score (nSPS) is 15.0. The average molecular weight is 474 g/mol. The van der Waals surface area contributed by atoms with E-state index in [1.807, 2.05) is 35.2 Å². The first kappa shape index (κ1) is 20.5. The van der Waals surface area contributed by atoms with Gasteiger partial charge < -0.3 is 4.74 Å². The number of morpholine rings is 1. The van der Waals surface area contributed by atoms with Gasteiger partial charge in [0, 0.05) is 30.7 Å². The molecule has 0 N–H and O–H groups in total. The van der Waals surface area contributed by atoms with Crippen LogP contribution in [-0.2, 0) is 4.74 Å². The minimum absolute atomic E-state index is 0.0183. The number of amides is 1. The van der Waals surface area contributed by atoms with Gasteiger partial charge in [0.15, 0.2) is 5.13 Å². The van der Waals surface area contributed by atoms with Crippen LogP contribution in [0.25, 0.3) is 10.2 Å². The third-order valence-corrected chi connectivity index (χ3v) is 6.81. The number of thiazole rings is 1. The van der Waals surface area contributed by atoms with Crippen LogP contribution in [0.5, 0.6) is 0 Å². The molecule has 1 fully saturated rings. The second-order valence-electron chi connectivity index (χ2n) is 7.21. The Kier molecular flexibility index (Phi) is 6.60. The molecule has 0 spiro atoms. The standard InChI is InChI=1S/C22H24BrN3O2S/c1-16-7-8-19-20(15-16)29-22(24-19)26(10-4-9-25-11-13-28-14-12-25)21(27)17-5-2-3-6-18(17)23/h2-3,5-8,15H,4,9-14H2,1H3. The largest absolute Gasteiger partial charge is 0.379 e. The van der Waals surface area contributed by atoms with Crippen LogP contribution in [0.1, 0.15) is 22.3 Å². The zero-order valence-electron chi connectivity index (χ0n) is 16.4. The van der Waals surface area contributed by atoms with Crippen molar-refractivity contribution in [3.63, 3.8) is 0 Å². The third-order valence-electron chi connectivity index (χ3n) is 5.07. The van der Waals surface area contributed by atoms with E-state index in [0.29, 0.717) is 12.1 Å². The van der Waals surface area contributed by atoms with E-state index in [0.717, 1.165) is 59.1 Å². The molecule has 0 bridgehead atoms. The lowest BCUT2D eigenvalue weighted by molar-refractivity contribution is 0.0376. The molecule has 0 aliphatic carbocycles. The fraction of sp³-hybridized carbons (Fsp3) is 0.364. The lowest BCUT2D eigenvalue weighted by Crippen LogP contribution is -2.39. The van der Waals surface area contributed by atoms with Crippen LogP contribution in [0, 0.1) is 6.92 Å². The number of halogens is 1. The molecule has 2 heterocycles. The molecule has 3 aromatic rings. The molecule has 0 unspecified atom stereocenters. The van der Waals surface area contributed by atoms with Crippen LogP contribution >= 0.6 is 27.3 Å². The molecule has 5 nitrogen and oxygen atoms in total. The number of benzene rings is 2. The number of carbonyl (C=O) groups is 1. The Morgan fingerprint density at radius 2 is 2.03 bits per heavy atom. The van der Waals surface area contributed by atoms with Crippen molar-refractivity contribution in [1.29, 1.82) is 0 Å². The number of carbonyl (C=O) groups excluding carboxylic acids is 1. The van der Waals surface area contributed by atoms with Crippen molar-refractivity contribution in [2.24, 2.45) is 0 Å². The number of fused-ring (bicyclic) bond motifs is 1. The van der Waals surface area contributed by atoms with Crippen LogP contribution in [0.4, 0.5) is 5.13 Å². The Hall–Kier alpha value is -1.80.